The zero-order chi connectivity index (χ0) is 19.7. The fraction of sp³-hybridized carbons (Fsp3) is 0.600. The van der Waals surface area contributed by atoms with Gasteiger partial charge < -0.3 is 9.84 Å². The number of nitrogens with zero attached hydrogens (tertiary/aromatic N) is 3. The molecule has 0 fully saturated rings. The van der Waals surface area contributed by atoms with Crippen LogP contribution in [0.3, 0.4) is 0 Å². The van der Waals surface area contributed by atoms with Crippen LogP contribution in [0.1, 0.15) is 25.8 Å². The van der Waals surface area contributed by atoms with E-state index in [4.69, 9.17) is 4.74 Å². The van der Waals surface area contributed by atoms with Gasteiger partial charge in [0.2, 0.25) is 0 Å². The molecule has 3 unspecified atom stereocenters. The summed E-state index contributed by atoms with van der Waals surface area (Å²) in [6, 6.07) is 0.658. The van der Waals surface area contributed by atoms with Crippen LogP contribution in [0.4, 0.5) is 32.0 Å². The van der Waals surface area contributed by atoms with E-state index >= 15 is 0 Å². The molecule has 0 spiro atoms. The Kier molecular flexibility index (Phi) is 5.81. The summed E-state index contributed by atoms with van der Waals surface area (Å²) in [7, 11) is 0. The van der Waals surface area contributed by atoms with Gasteiger partial charge in [0.25, 0.3) is 0 Å². The van der Waals surface area contributed by atoms with Crippen molar-refractivity contribution >= 4 is 11.4 Å². The summed E-state index contributed by atoms with van der Waals surface area (Å²) in [6.07, 6.45) is -11.8. The average Bonchev–Trinajstić information content (AvgIpc) is 2.81. The average molecular weight is 385 g/mol. The van der Waals surface area contributed by atoms with Crippen LogP contribution in [-0.2, 0) is 10.9 Å². The minimum absolute atomic E-state index is 0.103. The molecule has 0 amide bonds. The van der Waals surface area contributed by atoms with Crippen LogP contribution in [0.2, 0.25) is 0 Å². The van der Waals surface area contributed by atoms with E-state index in [9.17, 15) is 31.4 Å². The first-order chi connectivity index (χ1) is 12.0. The van der Waals surface area contributed by atoms with E-state index in [2.05, 4.69) is 10.1 Å². The molecule has 1 N–H and O–H groups in total. The van der Waals surface area contributed by atoms with E-state index in [-0.39, 0.29) is 18.0 Å². The molecular weight excluding hydrogens is 368 g/mol. The minimum Gasteiger partial charge on any atom is -0.371 e. The van der Waals surface area contributed by atoms with Gasteiger partial charge in [-0.25, -0.2) is 5.01 Å². The number of aliphatic hydroxyl groups is 1. The highest BCUT2D eigenvalue weighted by Crippen LogP contribution is 2.38. The van der Waals surface area contributed by atoms with Crippen molar-refractivity contribution in [2.45, 2.75) is 45.0 Å². The zero-order valence-corrected chi connectivity index (χ0v) is 13.8. The second-order valence-corrected chi connectivity index (χ2v) is 5.79. The Hall–Kier alpha value is -1.88. The number of anilines is 1. The summed E-state index contributed by atoms with van der Waals surface area (Å²) in [5.74, 6) is -1.57. The number of ether oxygens (including phenoxy) is 1. The van der Waals surface area contributed by atoms with E-state index in [1.807, 2.05) is 0 Å². The van der Waals surface area contributed by atoms with Gasteiger partial charge in [-0.2, -0.15) is 31.4 Å². The molecule has 1 aromatic heterocycles. The van der Waals surface area contributed by atoms with Crippen LogP contribution in [0, 0.1) is 5.92 Å². The number of halogens is 6. The normalized spacial score (nSPS) is 22.5. The largest absolute Gasteiger partial charge is 0.417 e. The molecule has 0 aromatic carbocycles. The first kappa shape index (κ1) is 20.4. The van der Waals surface area contributed by atoms with Gasteiger partial charge in [-0.1, -0.05) is 6.92 Å². The van der Waals surface area contributed by atoms with Gasteiger partial charge in [0.05, 0.1) is 23.4 Å². The van der Waals surface area contributed by atoms with Gasteiger partial charge in [-0.05, 0) is 19.4 Å². The van der Waals surface area contributed by atoms with E-state index in [0.29, 0.717) is 23.7 Å². The number of rotatable bonds is 5. The van der Waals surface area contributed by atoms with Gasteiger partial charge in [-0.3, -0.25) is 4.98 Å². The quantitative estimate of drug-likeness (QED) is 0.788. The van der Waals surface area contributed by atoms with E-state index in [0.717, 1.165) is 6.20 Å². The van der Waals surface area contributed by atoms with Crippen molar-refractivity contribution in [1.82, 2.24) is 4.98 Å². The minimum atomic E-state index is -4.78. The molecule has 11 heteroatoms. The van der Waals surface area contributed by atoms with Gasteiger partial charge >= 0.3 is 12.4 Å². The first-order valence-electron chi connectivity index (χ1n) is 7.69. The smallest absolute Gasteiger partial charge is 0.371 e. The lowest BCUT2D eigenvalue weighted by Gasteiger charge is -2.30. The van der Waals surface area contributed by atoms with Crippen molar-refractivity contribution in [3.8, 4) is 0 Å². The molecule has 26 heavy (non-hydrogen) atoms. The number of hydrogen-bond acceptors (Lipinski definition) is 5. The third-order valence-corrected chi connectivity index (χ3v) is 3.79. The second kappa shape index (κ2) is 7.39. The Morgan fingerprint density at radius 2 is 1.88 bits per heavy atom. The van der Waals surface area contributed by atoms with Crippen LogP contribution in [-0.4, -0.2) is 40.9 Å². The number of pyridine rings is 1. The first-order valence-corrected chi connectivity index (χ1v) is 7.69. The van der Waals surface area contributed by atoms with Gasteiger partial charge in [0.1, 0.15) is 0 Å². The molecule has 0 radical (unpaired) electrons. The lowest BCUT2D eigenvalue weighted by atomic mass is 9.95. The number of aromatic nitrogens is 1. The predicted octanol–water partition coefficient (Wildman–Crippen LogP) is 3.59. The maximum absolute atomic E-state index is 13.3. The third-order valence-electron chi connectivity index (χ3n) is 3.79. The van der Waals surface area contributed by atoms with Crippen LogP contribution in [0.25, 0.3) is 0 Å². The molecule has 3 atom stereocenters. The summed E-state index contributed by atoms with van der Waals surface area (Å²) >= 11 is 0. The highest BCUT2D eigenvalue weighted by Gasteiger charge is 2.53. The summed E-state index contributed by atoms with van der Waals surface area (Å²) < 4.78 is 83.2. The molecule has 146 valence electrons. The zero-order valence-electron chi connectivity index (χ0n) is 13.8. The summed E-state index contributed by atoms with van der Waals surface area (Å²) in [5, 5.41) is 14.8. The number of hydrogen-bond donors (Lipinski definition) is 1. The molecule has 0 bridgehead atoms. The standard InChI is InChI=1S/C15H17F6N3O2/c1-3-4-26-12(15(19,20)21)11-8(2)23-24(13(11)25)10-5-9(6-22-7-10)14(16,17)18/h5-7,11-13,25H,3-4H2,1-2H3. The Balaban J connectivity index is 2.33. The maximum Gasteiger partial charge on any atom is 0.417 e. The number of alkyl halides is 6. The van der Waals surface area contributed by atoms with Crippen molar-refractivity contribution in [3.63, 3.8) is 0 Å². The SMILES string of the molecule is CCCOC(C1C(C)=NN(c2cncc(C(F)(F)F)c2)C1O)C(F)(F)F. The van der Waals surface area contributed by atoms with Gasteiger partial charge in [0, 0.05) is 18.5 Å². The van der Waals surface area contributed by atoms with Crippen molar-refractivity contribution in [2.24, 2.45) is 11.0 Å². The molecule has 5 nitrogen and oxygen atoms in total. The van der Waals surface area contributed by atoms with E-state index in [1.165, 1.54) is 6.92 Å². The molecule has 2 rings (SSSR count). The highest BCUT2D eigenvalue weighted by molar-refractivity contribution is 5.89. The molecule has 0 saturated heterocycles. The molecular formula is C15H17F6N3O2. The Bertz CT molecular complexity index is 662. The van der Waals surface area contributed by atoms with Crippen LogP contribution in [0.5, 0.6) is 0 Å². The number of hydrazone groups is 1. The van der Waals surface area contributed by atoms with Crippen molar-refractivity contribution in [3.05, 3.63) is 24.0 Å². The maximum atomic E-state index is 13.3. The Labute approximate surface area is 145 Å². The molecule has 0 aliphatic carbocycles. The van der Waals surface area contributed by atoms with E-state index in [1.54, 1.807) is 6.92 Å². The Morgan fingerprint density at radius 3 is 2.42 bits per heavy atom. The molecule has 1 aliphatic heterocycles. The lowest BCUT2D eigenvalue weighted by molar-refractivity contribution is -0.235. The van der Waals surface area contributed by atoms with Crippen molar-refractivity contribution < 1.29 is 36.2 Å². The molecule has 2 heterocycles. The van der Waals surface area contributed by atoms with Gasteiger partial charge in [0.15, 0.2) is 12.3 Å². The fourth-order valence-electron chi connectivity index (χ4n) is 2.60. The van der Waals surface area contributed by atoms with Crippen LogP contribution < -0.4 is 5.01 Å². The topological polar surface area (TPSA) is 58.0 Å². The van der Waals surface area contributed by atoms with Crippen LogP contribution in [0.15, 0.2) is 23.6 Å². The molecule has 0 saturated carbocycles. The lowest BCUT2D eigenvalue weighted by Crippen LogP contribution is -2.48. The van der Waals surface area contributed by atoms with E-state index < -0.39 is 36.2 Å². The van der Waals surface area contributed by atoms with Gasteiger partial charge in [-0.15, -0.1) is 0 Å². The predicted molar refractivity (Wildman–Crippen MR) is 80.4 cm³/mol. The van der Waals surface area contributed by atoms with Crippen molar-refractivity contribution in [2.75, 3.05) is 11.6 Å². The Morgan fingerprint density at radius 1 is 1.23 bits per heavy atom. The second-order valence-electron chi connectivity index (χ2n) is 5.79. The summed E-state index contributed by atoms with van der Waals surface area (Å²) in [5.41, 5.74) is -1.48. The molecule has 1 aromatic rings. The molecule has 1 aliphatic rings. The highest BCUT2D eigenvalue weighted by atomic mass is 19.4. The number of aliphatic hydroxyl groups excluding tert-OH is 1. The van der Waals surface area contributed by atoms with Crippen LogP contribution >= 0.6 is 0 Å². The third kappa shape index (κ3) is 4.26. The van der Waals surface area contributed by atoms with Crippen molar-refractivity contribution in [1.29, 1.82) is 0 Å². The summed E-state index contributed by atoms with van der Waals surface area (Å²) in [4.78, 5) is 3.43. The fourth-order valence-corrected chi connectivity index (χ4v) is 2.60. The monoisotopic (exact) mass is 385 g/mol. The summed E-state index contributed by atoms with van der Waals surface area (Å²) in [6.45, 7) is 2.69.